The maximum atomic E-state index is 11.3. The van der Waals surface area contributed by atoms with E-state index in [2.05, 4.69) is 140 Å². The van der Waals surface area contributed by atoms with Crippen LogP contribution in [0.15, 0.2) is 151 Å². The standard InChI is InChI=1S/C10H13N.2C10H12.C9H11N.C8H9NO2S.C7H8.C6H7N/c1-8-2-3-10-7-11-5-4-9(10)6-8;2*1-8-5-6-9-3-2-4-10(9)7-8;1-7-2-3-8-5-10-6-9(8)4-7;1-6-2-3-8-7(4-6)5-9-12(8,10)11;1-7-5-3-2-4-6-7;1-6-2-4-7-5-3-6/h2-3,6,11H,4-5,7H2,1H3;2*5-7H,2-4H2,1H3;2-4,10H,5-6H2,1H3;2-4,9H,5H2,1H3;2-6H,1H3;2-5H,1H3. The predicted octanol–water partition coefficient (Wildman–Crippen LogP) is 12.4. The highest BCUT2D eigenvalue weighted by Gasteiger charge is 2.24. The fourth-order valence-corrected chi connectivity index (χ4v) is 9.98. The second-order valence-electron chi connectivity index (χ2n) is 18.4. The van der Waals surface area contributed by atoms with E-state index in [0.717, 1.165) is 37.3 Å². The van der Waals surface area contributed by atoms with Gasteiger partial charge in [0.25, 0.3) is 0 Å². The molecule has 1 aromatic heterocycles. The summed E-state index contributed by atoms with van der Waals surface area (Å²) in [6.07, 6.45) is 12.7. The Balaban J connectivity index is 0.000000130. The van der Waals surface area contributed by atoms with Crippen molar-refractivity contribution in [3.63, 3.8) is 0 Å². The molecule has 6 aromatic carbocycles. The first kappa shape index (κ1) is 50.7. The lowest BCUT2D eigenvalue weighted by Gasteiger charge is -2.16. The zero-order valence-corrected chi connectivity index (χ0v) is 41.8. The second kappa shape index (κ2) is 25.4. The Morgan fingerprint density at radius 3 is 1.30 bits per heavy atom. The van der Waals surface area contributed by atoms with Crippen LogP contribution in [-0.2, 0) is 68.3 Å². The Hall–Kier alpha value is -5.70. The molecule has 0 saturated heterocycles. The minimum Gasteiger partial charge on any atom is -0.312 e. The quantitative estimate of drug-likeness (QED) is 0.141. The van der Waals surface area contributed by atoms with Crippen molar-refractivity contribution >= 4 is 10.0 Å². The molecule has 3 N–H and O–H groups in total. The lowest BCUT2D eigenvalue weighted by Crippen LogP contribution is -2.23. The minimum absolute atomic E-state index is 0.424. The van der Waals surface area contributed by atoms with Crippen LogP contribution in [0.2, 0.25) is 0 Å². The van der Waals surface area contributed by atoms with E-state index >= 15 is 0 Å². The van der Waals surface area contributed by atoms with Crippen LogP contribution in [0.25, 0.3) is 0 Å². The van der Waals surface area contributed by atoms with Gasteiger partial charge < -0.3 is 10.6 Å². The van der Waals surface area contributed by atoms with Crippen LogP contribution in [0.5, 0.6) is 0 Å². The molecule has 4 heterocycles. The Kier molecular flexibility index (Phi) is 19.3. The summed E-state index contributed by atoms with van der Waals surface area (Å²) in [6, 6.07) is 46.5. The van der Waals surface area contributed by atoms with Crippen LogP contribution in [0.1, 0.15) is 102 Å². The first-order valence-corrected chi connectivity index (χ1v) is 25.5. The molecular weight excluding hydrogens is 841 g/mol. The Bertz CT molecular complexity index is 2600. The highest BCUT2D eigenvalue weighted by Crippen LogP contribution is 2.24. The summed E-state index contributed by atoms with van der Waals surface area (Å²) in [6.45, 7) is 19.4. The van der Waals surface area contributed by atoms with Gasteiger partial charge in [-0.2, -0.15) is 0 Å². The Labute approximate surface area is 402 Å². The van der Waals surface area contributed by atoms with E-state index in [1.807, 2.05) is 56.3 Å². The topological polar surface area (TPSA) is 83.1 Å². The van der Waals surface area contributed by atoms with Crippen LogP contribution in [0.3, 0.4) is 0 Å². The van der Waals surface area contributed by atoms with Crippen molar-refractivity contribution in [2.45, 2.75) is 124 Å². The number of nitrogens with zero attached hydrogens (tertiary/aromatic N) is 1. The molecule has 7 heteroatoms. The van der Waals surface area contributed by atoms with Crippen molar-refractivity contribution < 1.29 is 8.42 Å². The van der Waals surface area contributed by atoms with Gasteiger partial charge in [-0.15, -0.1) is 0 Å². The number of aromatic nitrogens is 1. The van der Waals surface area contributed by atoms with Crippen molar-refractivity contribution in [1.29, 1.82) is 0 Å². The van der Waals surface area contributed by atoms with Gasteiger partial charge in [0.05, 0.1) is 4.90 Å². The third kappa shape index (κ3) is 16.3. The van der Waals surface area contributed by atoms with Gasteiger partial charge >= 0.3 is 0 Å². The molecule has 5 aliphatic rings. The van der Waals surface area contributed by atoms with Crippen molar-refractivity contribution in [2.24, 2.45) is 0 Å². The number of nitrogens with one attached hydrogen (secondary N) is 3. The molecule has 0 fully saturated rings. The average Bonchev–Trinajstić information content (AvgIpc) is 4.15. The van der Waals surface area contributed by atoms with E-state index in [-0.39, 0.29) is 0 Å². The van der Waals surface area contributed by atoms with E-state index in [1.165, 1.54) is 101 Å². The smallest absolute Gasteiger partial charge is 0.241 e. The first-order valence-electron chi connectivity index (χ1n) is 24.1. The summed E-state index contributed by atoms with van der Waals surface area (Å²) < 4.78 is 25.0. The zero-order chi connectivity index (χ0) is 47.6. The number of rotatable bonds is 0. The fourth-order valence-electron chi connectivity index (χ4n) is 8.75. The van der Waals surface area contributed by atoms with Gasteiger partial charge in [-0.3, -0.25) is 4.98 Å². The van der Waals surface area contributed by atoms with E-state index < -0.39 is 10.0 Å². The molecule has 7 aromatic rings. The normalized spacial score (nSPS) is 14.7. The van der Waals surface area contributed by atoms with Gasteiger partial charge in [0, 0.05) is 38.6 Å². The van der Waals surface area contributed by atoms with Crippen LogP contribution in [-0.4, -0.2) is 19.9 Å². The molecule has 3 aliphatic heterocycles. The Morgan fingerprint density at radius 1 is 0.373 bits per heavy atom. The molecule has 2 aliphatic carbocycles. The lowest BCUT2D eigenvalue weighted by molar-refractivity contribution is 0.589. The molecule has 67 heavy (non-hydrogen) atoms. The maximum Gasteiger partial charge on any atom is 0.241 e. The predicted molar refractivity (Wildman–Crippen MR) is 280 cm³/mol. The highest BCUT2D eigenvalue weighted by molar-refractivity contribution is 7.89. The minimum atomic E-state index is -3.17. The number of pyridine rings is 1. The monoisotopic (exact) mass is 913 g/mol. The Morgan fingerprint density at radius 2 is 0.791 bits per heavy atom. The molecule has 0 saturated carbocycles. The molecule has 0 spiro atoms. The van der Waals surface area contributed by atoms with E-state index in [0.29, 0.717) is 11.4 Å². The number of benzene rings is 6. The maximum absolute atomic E-state index is 11.3. The number of aryl methyl sites for hydroxylation is 11. The first-order chi connectivity index (χ1) is 32.3. The van der Waals surface area contributed by atoms with Gasteiger partial charge in [0.15, 0.2) is 0 Å². The molecule has 0 amide bonds. The van der Waals surface area contributed by atoms with Crippen molar-refractivity contribution in [3.8, 4) is 0 Å². The molecule has 6 nitrogen and oxygen atoms in total. The van der Waals surface area contributed by atoms with Crippen molar-refractivity contribution in [1.82, 2.24) is 20.3 Å². The molecule has 12 rings (SSSR count). The van der Waals surface area contributed by atoms with E-state index in [4.69, 9.17) is 0 Å². The third-order valence-corrected chi connectivity index (χ3v) is 14.0. The summed E-state index contributed by atoms with van der Waals surface area (Å²) in [5, 5.41) is 6.68. The van der Waals surface area contributed by atoms with E-state index in [1.54, 1.807) is 40.7 Å². The fraction of sp³-hybridized carbons (Fsp3) is 0.317. The van der Waals surface area contributed by atoms with E-state index in [9.17, 15) is 8.42 Å². The van der Waals surface area contributed by atoms with Crippen LogP contribution >= 0.6 is 0 Å². The van der Waals surface area contributed by atoms with Crippen LogP contribution in [0.4, 0.5) is 0 Å². The number of hydrogen-bond donors (Lipinski definition) is 3. The van der Waals surface area contributed by atoms with Crippen molar-refractivity contribution in [2.75, 3.05) is 6.54 Å². The van der Waals surface area contributed by atoms with Gasteiger partial charge in [-0.25, -0.2) is 13.1 Å². The summed E-state index contributed by atoms with van der Waals surface area (Å²) in [5.41, 5.74) is 22.3. The summed E-state index contributed by atoms with van der Waals surface area (Å²) in [4.78, 5) is 4.27. The summed E-state index contributed by atoms with van der Waals surface area (Å²) in [7, 11) is -3.17. The number of sulfonamides is 1. The molecule has 0 bridgehead atoms. The third-order valence-electron chi connectivity index (χ3n) is 12.5. The number of fused-ring (bicyclic) bond motifs is 5. The van der Waals surface area contributed by atoms with Gasteiger partial charge in [-0.05, 0) is 174 Å². The molecular formula is C60H72N4O2S. The molecule has 0 radical (unpaired) electrons. The highest BCUT2D eigenvalue weighted by atomic mass is 32.2. The largest absolute Gasteiger partial charge is 0.312 e. The van der Waals surface area contributed by atoms with Crippen molar-refractivity contribution in [3.05, 3.63) is 235 Å². The zero-order valence-electron chi connectivity index (χ0n) is 41.0. The SMILES string of the molecule is Cc1ccc2c(c1)CCC2.Cc1ccc2c(c1)CCC2.Cc1ccc2c(c1)CCNC2.Cc1ccc2c(c1)CNC2.Cc1ccc2c(c1)CNS2(=O)=O.Cc1ccccc1.Cc1ccncc1. The van der Waals surface area contributed by atoms with Gasteiger partial charge in [0.2, 0.25) is 10.0 Å². The summed E-state index contributed by atoms with van der Waals surface area (Å²) in [5.74, 6) is 0. The van der Waals surface area contributed by atoms with Crippen LogP contribution < -0.4 is 15.4 Å². The molecule has 0 unspecified atom stereocenters. The molecule has 350 valence electrons. The molecule has 0 atom stereocenters. The second-order valence-corrected chi connectivity index (χ2v) is 20.2. The van der Waals surface area contributed by atoms with Crippen LogP contribution in [0, 0.1) is 48.5 Å². The average molecular weight is 913 g/mol. The van der Waals surface area contributed by atoms with Gasteiger partial charge in [-0.1, -0.05) is 149 Å². The number of hydrogen-bond acceptors (Lipinski definition) is 5. The van der Waals surface area contributed by atoms with Gasteiger partial charge in [0.1, 0.15) is 0 Å². The summed E-state index contributed by atoms with van der Waals surface area (Å²) >= 11 is 0. The lowest BCUT2D eigenvalue weighted by atomic mass is 9.99.